The molecule has 0 bridgehead atoms. The Bertz CT molecular complexity index is 973. The molecule has 1 saturated heterocycles. The molecule has 1 aromatic carbocycles. The average molecular weight is 373 g/mol. The summed E-state index contributed by atoms with van der Waals surface area (Å²) in [5, 5.41) is 4.03. The number of nitrogens with zero attached hydrogens (tertiary/aromatic N) is 4. The number of halogens is 1. The molecule has 7 nitrogen and oxygen atoms in total. The summed E-state index contributed by atoms with van der Waals surface area (Å²) in [6.07, 6.45) is 3.76. The van der Waals surface area contributed by atoms with Crippen molar-refractivity contribution in [1.82, 2.24) is 24.4 Å². The van der Waals surface area contributed by atoms with Crippen molar-refractivity contribution < 1.29 is 0 Å². The molecule has 26 heavy (non-hydrogen) atoms. The molecule has 8 heteroatoms. The molecule has 0 radical (unpaired) electrons. The lowest BCUT2D eigenvalue weighted by atomic mass is 10.1. The lowest BCUT2D eigenvalue weighted by molar-refractivity contribution is 0.263. The zero-order valence-corrected chi connectivity index (χ0v) is 15.3. The van der Waals surface area contributed by atoms with Crippen molar-refractivity contribution in [2.45, 2.75) is 25.4 Å². The number of nitrogens with one attached hydrogen (secondary N) is 2. The van der Waals surface area contributed by atoms with E-state index in [0.717, 1.165) is 31.5 Å². The first-order valence-corrected chi connectivity index (χ1v) is 9.12. The van der Waals surface area contributed by atoms with E-state index in [4.69, 9.17) is 11.6 Å². The van der Waals surface area contributed by atoms with E-state index in [9.17, 15) is 4.79 Å². The third-order valence-corrected chi connectivity index (χ3v) is 5.22. The maximum Gasteiger partial charge on any atom is 0.328 e. The van der Waals surface area contributed by atoms with Gasteiger partial charge in [0.2, 0.25) is 5.95 Å². The van der Waals surface area contributed by atoms with Gasteiger partial charge in [0.15, 0.2) is 5.65 Å². The van der Waals surface area contributed by atoms with Crippen LogP contribution in [0.4, 0.5) is 5.95 Å². The number of imidazole rings is 1. The zero-order valence-electron chi connectivity index (χ0n) is 14.6. The molecule has 1 fully saturated rings. The summed E-state index contributed by atoms with van der Waals surface area (Å²) in [6.45, 7) is 2.48. The van der Waals surface area contributed by atoms with E-state index in [1.165, 1.54) is 0 Å². The summed E-state index contributed by atoms with van der Waals surface area (Å²) >= 11 is 6.24. The van der Waals surface area contributed by atoms with Crippen LogP contribution in [0.3, 0.4) is 0 Å². The molecular formula is C18H21ClN6O. The third kappa shape index (κ3) is 3.45. The number of piperidine rings is 1. The molecule has 0 amide bonds. The number of anilines is 1. The molecule has 0 atom stereocenters. The van der Waals surface area contributed by atoms with Crippen molar-refractivity contribution in [2.75, 3.05) is 25.5 Å². The number of likely N-dealkylation sites (tertiary alicyclic amines) is 1. The van der Waals surface area contributed by atoms with E-state index >= 15 is 0 Å². The molecule has 1 aliphatic heterocycles. The number of benzene rings is 1. The van der Waals surface area contributed by atoms with Crippen LogP contribution < -0.4 is 11.0 Å². The number of aromatic amines is 1. The highest BCUT2D eigenvalue weighted by molar-refractivity contribution is 6.31. The van der Waals surface area contributed by atoms with Crippen LogP contribution in [0.15, 0.2) is 35.3 Å². The fourth-order valence-corrected chi connectivity index (χ4v) is 3.49. The first-order chi connectivity index (χ1) is 12.6. The summed E-state index contributed by atoms with van der Waals surface area (Å²) in [4.78, 5) is 26.4. The van der Waals surface area contributed by atoms with Gasteiger partial charge in [-0.25, -0.2) is 9.78 Å². The van der Waals surface area contributed by atoms with Crippen LogP contribution in [0.25, 0.3) is 11.2 Å². The van der Waals surface area contributed by atoms with Crippen molar-refractivity contribution >= 4 is 28.7 Å². The van der Waals surface area contributed by atoms with E-state index in [1.807, 2.05) is 24.3 Å². The van der Waals surface area contributed by atoms with Crippen molar-refractivity contribution in [3.05, 3.63) is 51.5 Å². The Kier molecular flexibility index (Phi) is 4.65. The largest absolute Gasteiger partial charge is 0.351 e. The Morgan fingerprint density at radius 1 is 1.31 bits per heavy atom. The number of hydrogen-bond acceptors (Lipinski definition) is 5. The molecule has 136 valence electrons. The third-order valence-electron chi connectivity index (χ3n) is 4.85. The maximum absolute atomic E-state index is 12.4. The van der Waals surface area contributed by atoms with Crippen LogP contribution in [-0.4, -0.2) is 50.6 Å². The number of H-pyrrole nitrogens is 1. The predicted molar refractivity (Wildman–Crippen MR) is 103 cm³/mol. The molecule has 1 aliphatic rings. The number of hydrogen-bond donors (Lipinski definition) is 2. The topological polar surface area (TPSA) is 78.8 Å². The lowest BCUT2D eigenvalue weighted by Gasteiger charge is -2.29. The predicted octanol–water partition coefficient (Wildman–Crippen LogP) is 2.33. The minimum Gasteiger partial charge on any atom is -0.351 e. The molecule has 2 aromatic heterocycles. The second-order valence-electron chi connectivity index (χ2n) is 6.76. The van der Waals surface area contributed by atoms with Gasteiger partial charge in [0.05, 0.1) is 12.7 Å². The zero-order chi connectivity index (χ0) is 18.1. The number of aromatic nitrogens is 4. The first-order valence-electron chi connectivity index (χ1n) is 8.74. The quantitative estimate of drug-likeness (QED) is 0.734. The van der Waals surface area contributed by atoms with Crippen LogP contribution >= 0.6 is 11.6 Å². The highest BCUT2D eigenvalue weighted by Gasteiger charge is 2.18. The van der Waals surface area contributed by atoms with Gasteiger partial charge in [0.25, 0.3) is 0 Å². The summed E-state index contributed by atoms with van der Waals surface area (Å²) in [5.74, 6) is 0.555. The molecule has 0 aliphatic carbocycles. The minimum atomic E-state index is -0.217. The molecule has 0 saturated carbocycles. The molecule has 0 spiro atoms. The van der Waals surface area contributed by atoms with Gasteiger partial charge in [-0.1, -0.05) is 29.8 Å². The standard InChI is InChI=1S/C18H21ClN6O/c1-24-8-6-13(7-9-24)21-17-20-10-15-16(23-17)25(18(26)22-15)11-12-4-2-3-5-14(12)19/h2-5,10,13H,6-9,11H2,1H3,(H,22,26)(H,20,21,23). The van der Waals surface area contributed by atoms with E-state index in [1.54, 1.807) is 10.8 Å². The van der Waals surface area contributed by atoms with Gasteiger partial charge in [-0.3, -0.25) is 4.57 Å². The Labute approximate surface area is 156 Å². The van der Waals surface area contributed by atoms with Crippen LogP contribution in [-0.2, 0) is 6.54 Å². The Morgan fingerprint density at radius 3 is 2.85 bits per heavy atom. The van der Waals surface area contributed by atoms with Crippen molar-refractivity contribution in [2.24, 2.45) is 0 Å². The highest BCUT2D eigenvalue weighted by Crippen LogP contribution is 2.19. The van der Waals surface area contributed by atoms with Crippen molar-refractivity contribution in [3.8, 4) is 0 Å². The Balaban J connectivity index is 1.62. The monoisotopic (exact) mass is 372 g/mol. The summed E-state index contributed by atoms with van der Waals surface area (Å²) in [7, 11) is 2.13. The minimum absolute atomic E-state index is 0.217. The first kappa shape index (κ1) is 17.1. The second-order valence-corrected chi connectivity index (χ2v) is 7.17. The van der Waals surface area contributed by atoms with Gasteiger partial charge in [0, 0.05) is 11.1 Å². The fraction of sp³-hybridized carbons (Fsp3) is 0.389. The van der Waals surface area contributed by atoms with Gasteiger partial charge in [0.1, 0.15) is 5.52 Å². The van der Waals surface area contributed by atoms with Crippen molar-refractivity contribution in [1.29, 1.82) is 0 Å². The second kappa shape index (κ2) is 7.09. The van der Waals surface area contributed by atoms with E-state index in [0.29, 0.717) is 34.7 Å². The van der Waals surface area contributed by atoms with Gasteiger partial charge >= 0.3 is 5.69 Å². The molecule has 4 rings (SSSR count). The van der Waals surface area contributed by atoms with E-state index in [2.05, 4.69) is 32.2 Å². The van der Waals surface area contributed by atoms with Crippen LogP contribution in [0.5, 0.6) is 0 Å². The van der Waals surface area contributed by atoms with Crippen LogP contribution in [0.1, 0.15) is 18.4 Å². The lowest BCUT2D eigenvalue weighted by Crippen LogP contribution is -2.37. The summed E-state index contributed by atoms with van der Waals surface area (Å²) < 4.78 is 1.60. The SMILES string of the molecule is CN1CCC(Nc2ncc3[nH]c(=O)n(Cc4ccccc4Cl)c3n2)CC1. The van der Waals surface area contributed by atoms with Crippen LogP contribution in [0, 0.1) is 0 Å². The van der Waals surface area contributed by atoms with Crippen LogP contribution in [0.2, 0.25) is 5.02 Å². The molecule has 3 aromatic rings. The Hall–Kier alpha value is -2.38. The van der Waals surface area contributed by atoms with E-state index in [-0.39, 0.29) is 5.69 Å². The number of rotatable bonds is 4. The van der Waals surface area contributed by atoms with Gasteiger partial charge < -0.3 is 15.2 Å². The molecule has 0 unspecified atom stereocenters. The van der Waals surface area contributed by atoms with Gasteiger partial charge in [-0.15, -0.1) is 0 Å². The van der Waals surface area contributed by atoms with Gasteiger partial charge in [-0.05, 0) is 44.6 Å². The normalized spacial score (nSPS) is 16.2. The summed E-state index contributed by atoms with van der Waals surface area (Å²) in [6, 6.07) is 7.86. The highest BCUT2D eigenvalue weighted by atomic mass is 35.5. The molecular weight excluding hydrogens is 352 g/mol. The van der Waals surface area contributed by atoms with Gasteiger partial charge in [-0.2, -0.15) is 4.98 Å². The fourth-order valence-electron chi connectivity index (χ4n) is 3.29. The van der Waals surface area contributed by atoms with E-state index < -0.39 is 0 Å². The smallest absolute Gasteiger partial charge is 0.328 e. The maximum atomic E-state index is 12.4. The molecule has 3 heterocycles. The average Bonchev–Trinajstić information content (AvgIpc) is 2.94. The Morgan fingerprint density at radius 2 is 2.08 bits per heavy atom. The summed E-state index contributed by atoms with van der Waals surface area (Å²) in [5.41, 5.74) is 1.86. The van der Waals surface area contributed by atoms with Crippen molar-refractivity contribution in [3.63, 3.8) is 0 Å². The number of fused-ring (bicyclic) bond motifs is 1. The molecule has 2 N–H and O–H groups in total.